The molecule has 1 aromatic heterocycles. The molecule has 0 bridgehead atoms. The molecule has 0 aliphatic heterocycles. The van der Waals surface area contributed by atoms with E-state index in [1.165, 1.54) is 0 Å². The first kappa shape index (κ1) is 13.8. The number of nitrogens with one attached hydrogen (secondary N) is 1. The third-order valence-electron chi connectivity index (χ3n) is 1.73. The summed E-state index contributed by atoms with van der Waals surface area (Å²) in [5.41, 5.74) is 0.229. The normalized spacial score (nSPS) is 11.3. The summed E-state index contributed by atoms with van der Waals surface area (Å²) in [6.07, 6.45) is 1.30. The highest BCUT2D eigenvalue weighted by Gasteiger charge is 2.15. The second-order valence-corrected chi connectivity index (χ2v) is 4.80. The van der Waals surface area contributed by atoms with Crippen molar-refractivity contribution in [1.82, 2.24) is 20.3 Å². The van der Waals surface area contributed by atoms with Crippen LogP contribution < -0.4 is 5.32 Å². The van der Waals surface area contributed by atoms with Crippen LogP contribution in [0, 0.1) is 0 Å². The third kappa shape index (κ3) is 5.53. The molecule has 1 aromatic rings. The number of carbonyl (C=O) groups is 1. The zero-order chi connectivity index (χ0) is 12.9. The molecule has 0 saturated carbocycles. The molecule has 6 nitrogen and oxygen atoms in total. The van der Waals surface area contributed by atoms with E-state index in [1.807, 2.05) is 20.8 Å². The molecule has 0 atom stereocenters. The molecule has 0 aromatic carbocycles. The summed E-state index contributed by atoms with van der Waals surface area (Å²) in [6, 6.07) is 0. The summed E-state index contributed by atoms with van der Waals surface area (Å²) in [7, 11) is 0. The number of nitrogens with zero attached hydrogens (tertiary/aromatic N) is 3. The molecule has 7 heteroatoms. The molecular weight excluding hydrogens is 244 g/mol. The van der Waals surface area contributed by atoms with Crippen molar-refractivity contribution < 1.29 is 9.53 Å². The van der Waals surface area contributed by atoms with Crippen LogP contribution in [0.2, 0.25) is 0 Å². The van der Waals surface area contributed by atoms with E-state index in [9.17, 15) is 4.79 Å². The van der Waals surface area contributed by atoms with Crippen LogP contribution in [0.5, 0.6) is 0 Å². The molecule has 1 N–H and O–H groups in total. The van der Waals surface area contributed by atoms with Gasteiger partial charge in [-0.3, -0.25) is 4.68 Å². The van der Waals surface area contributed by atoms with Gasteiger partial charge in [0.05, 0.1) is 18.1 Å². The highest BCUT2D eigenvalue weighted by molar-refractivity contribution is 6.16. The molecular formula is C10H17ClN4O2. The number of rotatable bonds is 4. The second-order valence-electron chi connectivity index (χ2n) is 4.54. The van der Waals surface area contributed by atoms with Crippen LogP contribution in [0.25, 0.3) is 0 Å². The van der Waals surface area contributed by atoms with Gasteiger partial charge in [-0.15, -0.1) is 16.7 Å². The van der Waals surface area contributed by atoms with Crippen molar-refractivity contribution in [3.8, 4) is 0 Å². The smallest absolute Gasteiger partial charge is 0.407 e. The van der Waals surface area contributed by atoms with Crippen LogP contribution in [-0.4, -0.2) is 33.2 Å². The summed E-state index contributed by atoms with van der Waals surface area (Å²) in [4.78, 5) is 11.3. The van der Waals surface area contributed by atoms with Crippen LogP contribution >= 0.6 is 11.6 Å². The molecule has 96 valence electrons. The van der Waals surface area contributed by atoms with Gasteiger partial charge in [-0.2, -0.15) is 0 Å². The van der Waals surface area contributed by atoms with Crippen molar-refractivity contribution in [1.29, 1.82) is 0 Å². The van der Waals surface area contributed by atoms with Gasteiger partial charge in [0.2, 0.25) is 0 Å². The van der Waals surface area contributed by atoms with E-state index >= 15 is 0 Å². The van der Waals surface area contributed by atoms with Crippen molar-refractivity contribution in [2.24, 2.45) is 0 Å². The first-order chi connectivity index (χ1) is 7.90. The number of hydrogen-bond donors (Lipinski definition) is 1. The first-order valence-corrected chi connectivity index (χ1v) is 5.86. The standard InChI is InChI=1S/C10H17ClN4O2/c1-10(2,3)17-9(16)12-4-5-15-7-8(6-11)13-14-15/h7H,4-6H2,1-3H3,(H,12,16). The number of alkyl halides is 1. The van der Waals surface area contributed by atoms with Gasteiger partial charge in [0.15, 0.2) is 0 Å². The SMILES string of the molecule is CC(C)(C)OC(=O)NCCn1cc(CCl)nn1. The number of ether oxygens (including phenoxy) is 1. The maximum absolute atomic E-state index is 11.3. The van der Waals surface area contributed by atoms with Gasteiger partial charge in [-0.25, -0.2) is 4.79 Å². The molecule has 1 rings (SSSR count). The van der Waals surface area contributed by atoms with E-state index in [-0.39, 0.29) is 0 Å². The van der Waals surface area contributed by atoms with Gasteiger partial charge in [-0.1, -0.05) is 5.21 Å². The molecule has 0 saturated heterocycles. The van der Waals surface area contributed by atoms with Crippen LogP contribution in [0.15, 0.2) is 6.20 Å². The minimum Gasteiger partial charge on any atom is -0.444 e. The maximum Gasteiger partial charge on any atom is 0.407 e. The summed E-state index contributed by atoms with van der Waals surface area (Å²) in [5, 5.41) is 10.3. The fourth-order valence-electron chi connectivity index (χ4n) is 1.10. The van der Waals surface area contributed by atoms with E-state index in [2.05, 4.69) is 15.6 Å². The highest BCUT2D eigenvalue weighted by Crippen LogP contribution is 2.06. The average Bonchev–Trinajstić information content (AvgIpc) is 2.63. The second kappa shape index (κ2) is 5.86. The first-order valence-electron chi connectivity index (χ1n) is 5.32. The Morgan fingerprint density at radius 1 is 1.59 bits per heavy atom. The minimum atomic E-state index is -0.483. The summed E-state index contributed by atoms with van der Waals surface area (Å²) in [5.74, 6) is 0.333. The monoisotopic (exact) mass is 260 g/mol. The molecule has 0 aliphatic carbocycles. The Kier molecular flexibility index (Phi) is 4.74. The Morgan fingerprint density at radius 3 is 2.82 bits per heavy atom. The van der Waals surface area contributed by atoms with Crippen LogP contribution in [0.3, 0.4) is 0 Å². The zero-order valence-electron chi connectivity index (χ0n) is 10.2. The van der Waals surface area contributed by atoms with Crippen LogP contribution in [-0.2, 0) is 17.2 Å². The van der Waals surface area contributed by atoms with E-state index in [0.29, 0.717) is 24.7 Å². The van der Waals surface area contributed by atoms with E-state index in [0.717, 1.165) is 0 Å². The molecule has 17 heavy (non-hydrogen) atoms. The third-order valence-corrected chi connectivity index (χ3v) is 2.01. The number of hydrogen-bond acceptors (Lipinski definition) is 4. The fraction of sp³-hybridized carbons (Fsp3) is 0.700. The minimum absolute atomic E-state index is 0.333. The molecule has 1 heterocycles. The predicted octanol–water partition coefficient (Wildman–Crippen LogP) is 1.54. The summed E-state index contributed by atoms with van der Waals surface area (Å²) < 4.78 is 6.71. The lowest BCUT2D eigenvalue weighted by molar-refractivity contribution is 0.0525. The Morgan fingerprint density at radius 2 is 2.29 bits per heavy atom. The maximum atomic E-state index is 11.3. The molecule has 0 fully saturated rings. The highest BCUT2D eigenvalue weighted by atomic mass is 35.5. The van der Waals surface area contributed by atoms with E-state index in [1.54, 1.807) is 10.9 Å². The van der Waals surface area contributed by atoms with Gasteiger partial charge in [0.1, 0.15) is 5.60 Å². The van der Waals surface area contributed by atoms with Crippen molar-refractivity contribution >= 4 is 17.7 Å². The lowest BCUT2D eigenvalue weighted by Gasteiger charge is -2.19. The Balaban J connectivity index is 2.26. The number of halogens is 1. The van der Waals surface area contributed by atoms with Gasteiger partial charge >= 0.3 is 6.09 Å². The topological polar surface area (TPSA) is 69.0 Å². The van der Waals surface area contributed by atoms with Crippen molar-refractivity contribution in [2.75, 3.05) is 6.54 Å². The molecule has 0 radical (unpaired) electrons. The largest absolute Gasteiger partial charge is 0.444 e. The van der Waals surface area contributed by atoms with Gasteiger partial charge in [0, 0.05) is 12.7 Å². The number of carbonyl (C=O) groups excluding carboxylic acids is 1. The molecule has 1 amide bonds. The lowest BCUT2D eigenvalue weighted by atomic mass is 10.2. The number of aromatic nitrogens is 3. The van der Waals surface area contributed by atoms with Crippen LogP contribution in [0.1, 0.15) is 26.5 Å². The Hall–Kier alpha value is -1.30. The molecule has 0 unspecified atom stereocenters. The summed E-state index contributed by atoms with van der Waals surface area (Å²) >= 11 is 5.59. The summed E-state index contributed by atoms with van der Waals surface area (Å²) in [6.45, 7) is 6.41. The zero-order valence-corrected chi connectivity index (χ0v) is 11.0. The lowest BCUT2D eigenvalue weighted by Crippen LogP contribution is -2.34. The van der Waals surface area contributed by atoms with Gasteiger partial charge < -0.3 is 10.1 Å². The quantitative estimate of drug-likeness (QED) is 0.834. The number of amides is 1. The fourth-order valence-corrected chi connectivity index (χ4v) is 1.22. The Labute approximate surface area is 105 Å². The predicted molar refractivity (Wildman–Crippen MR) is 63.8 cm³/mol. The van der Waals surface area contributed by atoms with Crippen molar-refractivity contribution in [3.05, 3.63) is 11.9 Å². The van der Waals surface area contributed by atoms with Crippen LogP contribution in [0.4, 0.5) is 4.79 Å². The molecule has 0 aliphatic rings. The van der Waals surface area contributed by atoms with Crippen molar-refractivity contribution in [2.45, 2.75) is 38.8 Å². The van der Waals surface area contributed by atoms with E-state index in [4.69, 9.17) is 16.3 Å². The van der Waals surface area contributed by atoms with Crippen molar-refractivity contribution in [3.63, 3.8) is 0 Å². The number of alkyl carbamates (subject to hydrolysis) is 1. The average molecular weight is 261 g/mol. The molecule has 0 spiro atoms. The van der Waals surface area contributed by atoms with E-state index < -0.39 is 11.7 Å². The Bertz CT molecular complexity index is 373. The van der Waals surface area contributed by atoms with Gasteiger partial charge in [-0.05, 0) is 20.8 Å². The van der Waals surface area contributed by atoms with Gasteiger partial charge in [0.25, 0.3) is 0 Å².